The molecule has 0 saturated carbocycles. The van der Waals surface area contributed by atoms with Gasteiger partial charge in [-0.2, -0.15) is 0 Å². The van der Waals surface area contributed by atoms with E-state index in [1.54, 1.807) is 12.1 Å². The van der Waals surface area contributed by atoms with Crippen LogP contribution >= 0.6 is 0 Å². The molecule has 0 aliphatic heterocycles. The summed E-state index contributed by atoms with van der Waals surface area (Å²) < 4.78 is 33.6. The highest BCUT2D eigenvalue weighted by Crippen LogP contribution is 2.29. The SMILES string of the molecule is CCNC(O)c1ccc(OC)c(S(=O)(=O)Nc2cnc3ccccc3c2)c1. The van der Waals surface area contributed by atoms with Crippen LogP contribution in [0, 0.1) is 0 Å². The summed E-state index contributed by atoms with van der Waals surface area (Å²) in [5, 5.41) is 13.8. The first kappa shape index (κ1) is 19.1. The Hall–Kier alpha value is -2.68. The van der Waals surface area contributed by atoms with E-state index >= 15 is 0 Å². The molecule has 0 amide bonds. The lowest BCUT2D eigenvalue weighted by atomic mass is 10.2. The van der Waals surface area contributed by atoms with Crippen LogP contribution in [0.15, 0.2) is 59.6 Å². The number of benzene rings is 2. The molecule has 3 rings (SSSR count). The standard InChI is InChI=1S/C19H21N3O4S/c1-3-20-19(23)14-8-9-17(26-2)18(11-14)27(24,25)22-15-10-13-6-4-5-7-16(13)21-12-15/h4-12,19-20,22-23H,3H2,1-2H3. The number of rotatable bonds is 7. The molecule has 3 aromatic rings. The van der Waals surface area contributed by atoms with Crippen LogP contribution in [0.5, 0.6) is 5.75 Å². The van der Waals surface area contributed by atoms with Crippen LogP contribution in [0.1, 0.15) is 18.7 Å². The second kappa shape index (κ2) is 7.91. The topological polar surface area (TPSA) is 101 Å². The Labute approximate surface area is 158 Å². The summed E-state index contributed by atoms with van der Waals surface area (Å²) in [7, 11) is -2.55. The van der Waals surface area contributed by atoms with Crippen LogP contribution in [0.4, 0.5) is 5.69 Å². The van der Waals surface area contributed by atoms with Crippen LogP contribution in [0.2, 0.25) is 0 Å². The quantitative estimate of drug-likeness (QED) is 0.539. The van der Waals surface area contributed by atoms with Crippen LogP contribution in [0.3, 0.4) is 0 Å². The predicted molar refractivity (Wildman–Crippen MR) is 104 cm³/mol. The van der Waals surface area contributed by atoms with E-state index in [-0.39, 0.29) is 10.6 Å². The van der Waals surface area contributed by atoms with Crippen molar-refractivity contribution in [2.24, 2.45) is 0 Å². The number of fused-ring (bicyclic) bond motifs is 1. The molecule has 1 atom stereocenters. The fourth-order valence-electron chi connectivity index (χ4n) is 2.72. The molecule has 1 aromatic heterocycles. The van der Waals surface area contributed by atoms with E-state index in [0.29, 0.717) is 17.8 Å². The Morgan fingerprint density at radius 2 is 1.96 bits per heavy atom. The second-order valence-corrected chi connectivity index (χ2v) is 7.54. The fourth-order valence-corrected chi connectivity index (χ4v) is 3.96. The Morgan fingerprint density at radius 3 is 2.70 bits per heavy atom. The molecule has 0 saturated heterocycles. The molecule has 0 bridgehead atoms. The lowest BCUT2D eigenvalue weighted by Gasteiger charge is -2.16. The van der Waals surface area contributed by atoms with Gasteiger partial charge in [0.2, 0.25) is 0 Å². The third-order valence-electron chi connectivity index (χ3n) is 4.03. The van der Waals surface area contributed by atoms with E-state index in [1.165, 1.54) is 25.4 Å². The maximum Gasteiger partial charge on any atom is 0.265 e. The van der Waals surface area contributed by atoms with Crippen molar-refractivity contribution in [2.75, 3.05) is 18.4 Å². The molecule has 0 aliphatic rings. The van der Waals surface area contributed by atoms with Gasteiger partial charge < -0.3 is 9.84 Å². The van der Waals surface area contributed by atoms with E-state index < -0.39 is 16.3 Å². The maximum absolute atomic E-state index is 12.9. The third kappa shape index (κ3) is 4.19. The van der Waals surface area contributed by atoms with Gasteiger partial charge in [0, 0.05) is 5.39 Å². The van der Waals surface area contributed by atoms with E-state index in [4.69, 9.17) is 4.74 Å². The van der Waals surface area contributed by atoms with Crippen molar-refractivity contribution < 1.29 is 18.3 Å². The van der Waals surface area contributed by atoms with Crippen molar-refractivity contribution in [1.82, 2.24) is 10.3 Å². The molecule has 7 nitrogen and oxygen atoms in total. The summed E-state index contributed by atoms with van der Waals surface area (Å²) >= 11 is 0. The lowest BCUT2D eigenvalue weighted by molar-refractivity contribution is 0.141. The minimum atomic E-state index is -3.95. The number of aromatic nitrogens is 1. The molecule has 0 aliphatic carbocycles. The largest absolute Gasteiger partial charge is 0.495 e. The summed E-state index contributed by atoms with van der Waals surface area (Å²) in [6.07, 6.45) is 0.487. The van der Waals surface area contributed by atoms with E-state index in [0.717, 1.165) is 10.9 Å². The van der Waals surface area contributed by atoms with Gasteiger partial charge in [-0.05, 0) is 36.4 Å². The molecular formula is C19H21N3O4S. The van der Waals surface area contributed by atoms with Gasteiger partial charge >= 0.3 is 0 Å². The summed E-state index contributed by atoms with van der Waals surface area (Å²) in [5.74, 6) is 0.184. The molecule has 0 fully saturated rings. The number of nitrogens with zero attached hydrogens (tertiary/aromatic N) is 1. The van der Waals surface area contributed by atoms with E-state index in [1.807, 2.05) is 31.2 Å². The van der Waals surface area contributed by atoms with Gasteiger partial charge in [-0.15, -0.1) is 0 Å². The van der Waals surface area contributed by atoms with Gasteiger partial charge in [-0.1, -0.05) is 31.2 Å². The zero-order valence-corrected chi connectivity index (χ0v) is 15.8. The van der Waals surface area contributed by atoms with Crippen molar-refractivity contribution in [3.8, 4) is 5.75 Å². The molecule has 2 aromatic carbocycles. The van der Waals surface area contributed by atoms with Crippen LogP contribution in [0.25, 0.3) is 10.9 Å². The second-order valence-electron chi connectivity index (χ2n) is 5.89. The molecule has 27 heavy (non-hydrogen) atoms. The van der Waals surface area contributed by atoms with Crippen LogP contribution in [-0.2, 0) is 10.0 Å². The summed E-state index contributed by atoms with van der Waals surface area (Å²) in [4.78, 5) is 4.20. The first-order valence-electron chi connectivity index (χ1n) is 8.41. The number of aliphatic hydroxyl groups excluding tert-OH is 1. The van der Waals surface area contributed by atoms with Crippen molar-refractivity contribution in [1.29, 1.82) is 0 Å². The fraction of sp³-hybridized carbons (Fsp3) is 0.211. The Morgan fingerprint density at radius 1 is 1.19 bits per heavy atom. The average molecular weight is 387 g/mol. The van der Waals surface area contributed by atoms with Crippen molar-refractivity contribution in [3.63, 3.8) is 0 Å². The number of hydrogen-bond donors (Lipinski definition) is 3. The van der Waals surface area contributed by atoms with E-state index in [2.05, 4.69) is 15.0 Å². The van der Waals surface area contributed by atoms with Crippen molar-refractivity contribution >= 4 is 26.6 Å². The highest BCUT2D eigenvalue weighted by Gasteiger charge is 2.22. The smallest absolute Gasteiger partial charge is 0.265 e. The molecule has 0 radical (unpaired) electrons. The zero-order valence-electron chi connectivity index (χ0n) is 15.0. The van der Waals surface area contributed by atoms with E-state index in [9.17, 15) is 13.5 Å². The maximum atomic E-state index is 12.9. The number of anilines is 1. The van der Waals surface area contributed by atoms with Crippen molar-refractivity contribution in [2.45, 2.75) is 18.0 Å². The summed E-state index contributed by atoms with van der Waals surface area (Å²) in [5.41, 5.74) is 1.54. The van der Waals surface area contributed by atoms with Gasteiger partial charge in [0.15, 0.2) is 0 Å². The number of hydrogen-bond acceptors (Lipinski definition) is 6. The van der Waals surface area contributed by atoms with Gasteiger partial charge in [-0.25, -0.2) is 8.42 Å². The Kier molecular flexibility index (Phi) is 5.59. The number of methoxy groups -OCH3 is 1. The number of sulfonamides is 1. The normalized spacial score (nSPS) is 12.7. The third-order valence-corrected chi connectivity index (χ3v) is 5.44. The Bertz CT molecular complexity index is 1050. The summed E-state index contributed by atoms with van der Waals surface area (Å²) in [6, 6.07) is 13.7. The number of pyridine rings is 1. The minimum Gasteiger partial charge on any atom is -0.495 e. The molecule has 3 N–H and O–H groups in total. The molecule has 0 spiro atoms. The number of para-hydroxylation sites is 1. The van der Waals surface area contributed by atoms with Gasteiger partial charge in [0.25, 0.3) is 10.0 Å². The van der Waals surface area contributed by atoms with Gasteiger partial charge in [-0.3, -0.25) is 15.0 Å². The van der Waals surface area contributed by atoms with Crippen molar-refractivity contribution in [3.05, 3.63) is 60.3 Å². The molecule has 1 unspecified atom stereocenters. The first-order valence-corrected chi connectivity index (χ1v) is 9.90. The number of nitrogens with one attached hydrogen (secondary N) is 2. The predicted octanol–water partition coefficient (Wildman–Crippen LogP) is 2.64. The monoisotopic (exact) mass is 387 g/mol. The zero-order chi connectivity index (χ0) is 19.4. The molecular weight excluding hydrogens is 366 g/mol. The number of aliphatic hydroxyl groups is 1. The Balaban J connectivity index is 1.98. The van der Waals surface area contributed by atoms with Gasteiger partial charge in [0.05, 0.1) is 24.5 Å². The van der Waals surface area contributed by atoms with Crippen LogP contribution < -0.4 is 14.8 Å². The minimum absolute atomic E-state index is 0.0624. The average Bonchev–Trinajstić information content (AvgIpc) is 2.67. The number of ether oxygens (including phenoxy) is 1. The molecule has 1 heterocycles. The highest BCUT2D eigenvalue weighted by molar-refractivity contribution is 7.92. The van der Waals surface area contributed by atoms with Gasteiger partial charge in [0.1, 0.15) is 16.9 Å². The van der Waals surface area contributed by atoms with Crippen LogP contribution in [-0.4, -0.2) is 32.2 Å². The summed E-state index contributed by atoms with van der Waals surface area (Å²) in [6.45, 7) is 2.38. The first-order chi connectivity index (χ1) is 12.9. The lowest BCUT2D eigenvalue weighted by Crippen LogP contribution is -2.21. The molecule has 142 valence electrons. The molecule has 8 heteroatoms. The highest BCUT2D eigenvalue weighted by atomic mass is 32.2.